The van der Waals surface area contributed by atoms with Gasteiger partial charge in [-0.25, -0.2) is 8.42 Å². The van der Waals surface area contributed by atoms with E-state index in [9.17, 15) is 13.2 Å². The van der Waals surface area contributed by atoms with Crippen LogP contribution in [-0.4, -0.2) is 68.7 Å². The van der Waals surface area contributed by atoms with Crippen LogP contribution >= 0.6 is 0 Å². The van der Waals surface area contributed by atoms with Crippen molar-refractivity contribution in [2.24, 2.45) is 0 Å². The summed E-state index contributed by atoms with van der Waals surface area (Å²) in [4.78, 5) is 15.2. The number of furan rings is 1. The number of hydrogen-bond donors (Lipinski definition) is 0. The lowest BCUT2D eigenvalue weighted by Crippen LogP contribution is -2.47. The number of benzene rings is 1. The third kappa shape index (κ3) is 4.89. The van der Waals surface area contributed by atoms with Gasteiger partial charge in [-0.05, 0) is 38.0 Å². The van der Waals surface area contributed by atoms with E-state index in [4.69, 9.17) is 13.9 Å². The Morgan fingerprint density at radius 2 is 1.68 bits per heavy atom. The summed E-state index contributed by atoms with van der Waals surface area (Å²) >= 11 is 0. The molecule has 2 aliphatic rings. The molecule has 4 rings (SSSR count). The third-order valence-electron chi connectivity index (χ3n) is 6.89. The summed E-state index contributed by atoms with van der Waals surface area (Å²) in [5.74, 6) is -0.467. The van der Waals surface area contributed by atoms with Gasteiger partial charge in [-0.2, -0.15) is 4.31 Å². The summed E-state index contributed by atoms with van der Waals surface area (Å²) in [5, 5.41) is 0.659. The number of carbonyl (C=O) groups is 1. The van der Waals surface area contributed by atoms with E-state index in [1.54, 1.807) is 27.4 Å². The van der Waals surface area contributed by atoms with Gasteiger partial charge in [-0.1, -0.05) is 26.7 Å². The molecule has 0 bridgehead atoms. The summed E-state index contributed by atoms with van der Waals surface area (Å²) in [5.41, 5.74) is 1.18. The molecule has 2 aromatic rings. The molecule has 0 unspecified atom stereocenters. The van der Waals surface area contributed by atoms with Gasteiger partial charge in [0.15, 0.2) is 11.5 Å². The van der Waals surface area contributed by atoms with E-state index in [-0.39, 0.29) is 16.6 Å². The predicted molar refractivity (Wildman–Crippen MR) is 129 cm³/mol. The molecule has 188 valence electrons. The van der Waals surface area contributed by atoms with Gasteiger partial charge in [0.2, 0.25) is 10.0 Å². The summed E-state index contributed by atoms with van der Waals surface area (Å²) in [6.45, 7) is 9.18. The molecule has 1 aromatic heterocycles. The van der Waals surface area contributed by atoms with Crippen LogP contribution in [0.25, 0.3) is 11.0 Å². The van der Waals surface area contributed by atoms with E-state index >= 15 is 0 Å². The number of ether oxygens (including phenoxy) is 2. The van der Waals surface area contributed by atoms with Crippen LogP contribution in [0.15, 0.2) is 27.5 Å². The zero-order valence-corrected chi connectivity index (χ0v) is 21.3. The van der Waals surface area contributed by atoms with E-state index in [1.807, 2.05) is 6.92 Å². The fraction of sp³-hybridized carbons (Fsp3) is 0.640. The fourth-order valence-corrected chi connectivity index (χ4v) is 6.26. The van der Waals surface area contributed by atoms with Gasteiger partial charge in [0.25, 0.3) is 5.91 Å². The predicted octanol–water partition coefficient (Wildman–Crippen LogP) is 4.31. The molecule has 3 heterocycles. The molecule has 0 radical (unpaired) electrons. The summed E-state index contributed by atoms with van der Waals surface area (Å²) < 4.78 is 45.8. The van der Waals surface area contributed by atoms with E-state index in [1.165, 1.54) is 0 Å². The number of nitrogens with zero attached hydrogens (tertiary/aromatic N) is 2. The Hall–Kier alpha value is -1.94. The maximum atomic E-state index is 13.4. The number of unbranched alkanes of at least 4 members (excludes halogenated alkanes) is 2. The average molecular weight is 493 g/mol. The molecule has 2 fully saturated rings. The Morgan fingerprint density at radius 1 is 1.06 bits per heavy atom. The van der Waals surface area contributed by atoms with Crippen LogP contribution in [0.5, 0.6) is 0 Å². The summed E-state index contributed by atoms with van der Waals surface area (Å²) in [6, 6.07) is 4.89. The standard InChI is InChI=1S/C25H36N2O6S/c1-4-6-12-27(13-7-5-2)34(29,30)20-8-9-22-21(18-20)19(3)23(33-22)24(28)26-14-10-25(11-15-26)31-16-17-32-25/h8-9,18H,4-7,10-17H2,1-3H3. The molecule has 2 aliphatic heterocycles. The largest absolute Gasteiger partial charge is 0.451 e. The lowest BCUT2D eigenvalue weighted by molar-refractivity contribution is -0.181. The number of hydrogen-bond acceptors (Lipinski definition) is 6. The lowest BCUT2D eigenvalue weighted by atomic mass is 10.0. The number of sulfonamides is 1. The van der Waals surface area contributed by atoms with Crippen LogP contribution < -0.4 is 0 Å². The van der Waals surface area contributed by atoms with Crippen LogP contribution in [0.3, 0.4) is 0 Å². The number of likely N-dealkylation sites (tertiary alicyclic amines) is 1. The van der Waals surface area contributed by atoms with Crippen LogP contribution in [0, 0.1) is 6.92 Å². The minimum absolute atomic E-state index is 0.182. The highest BCUT2D eigenvalue weighted by molar-refractivity contribution is 7.89. The van der Waals surface area contributed by atoms with Crippen LogP contribution in [0.1, 0.15) is 68.5 Å². The highest BCUT2D eigenvalue weighted by Gasteiger charge is 2.41. The van der Waals surface area contributed by atoms with E-state index in [0.29, 0.717) is 68.8 Å². The zero-order valence-electron chi connectivity index (χ0n) is 20.5. The second kappa shape index (κ2) is 10.4. The zero-order chi connectivity index (χ0) is 24.3. The SMILES string of the molecule is CCCCN(CCCC)S(=O)(=O)c1ccc2oc(C(=O)N3CCC4(CC3)OCCO4)c(C)c2c1. The second-order valence-corrected chi connectivity index (χ2v) is 11.2. The van der Waals surface area contributed by atoms with Crippen molar-refractivity contribution < 1.29 is 27.1 Å². The van der Waals surface area contributed by atoms with Crippen molar-refractivity contribution in [2.75, 3.05) is 39.4 Å². The number of amides is 1. The maximum Gasteiger partial charge on any atom is 0.289 e. The molecule has 8 nitrogen and oxygen atoms in total. The number of aryl methyl sites for hydroxylation is 1. The van der Waals surface area contributed by atoms with Crippen molar-refractivity contribution in [2.45, 2.75) is 70.0 Å². The van der Waals surface area contributed by atoms with Gasteiger partial charge in [0.05, 0.1) is 18.1 Å². The van der Waals surface area contributed by atoms with Crippen LogP contribution in [-0.2, 0) is 19.5 Å². The smallest absolute Gasteiger partial charge is 0.289 e. The first kappa shape index (κ1) is 25.2. The van der Waals surface area contributed by atoms with Crippen LogP contribution in [0.2, 0.25) is 0 Å². The summed E-state index contributed by atoms with van der Waals surface area (Å²) in [7, 11) is -3.63. The molecular weight excluding hydrogens is 456 g/mol. The van der Waals surface area contributed by atoms with Crippen molar-refractivity contribution in [3.8, 4) is 0 Å². The number of rotatable bonds is 9. The van der Waals surface area contributed by atoms with Crippen LogP contribution in [0.4, 0.5) is 0 Å². The number of piperidine rings is 1. The average Bonchev–Trinajstić information content (AvgIpc) is 3.43. The highest BCUT2D eigenvalue weighted by atomic mass is 32.2. The molecule has 2 saturated heterocycles. The second-order valence-electron chi connectivity index (χ2n) is 9.23. The molecule has 1 spiro atoms. The molecule has 0 N–H and O–H groups in total. The fourth-order valence-electron chi connectivity index (χ4n) is 4.71. The Balaban J connectivity index is 1.56. The number of fused-ring (bicyclic) bond motifs is 1. The molecule has 1 aromatic carbocycles. The Kier molecular flexibility index (Phi) is 7.66. The Morgan fingerprint density at radius 3 is 2.26 bits per heavy atom. The van der Waals surface area contributed by atoms with E-state index in [0.717, 1.165) is 25.7 Å². The van der Waals surface area contributed by atoms with Gasteiger partial charge in [0.1, 0.15) is 5.58 Å². The van der Waals surface area contributed by atoms with Gasteiger partial charge in [-0.15, -0.1) is 0 Å². The van der Waals surface area contributed by atoms with Gasteiger partial charge >= 0.3 is 0 Å². The first-order chi connectivity index (χ1) is 16.3. The topological polar surface area (TPSA) is 89.3 Å². The first-order valence-electron chi connectivity index (χ1n) is 12.4. The quantitative estimate of drug-likeness (QED) is 0.518. The van der Waals surface area contributed by atoms with Crippen molar-refractivity contribution in [1.82, 2.24) is 9.21 Å². The Bertz CT molecular complexity index is 1100. The first-order valence-corrected chi connectivity index (χ1v) is 13.9. The minimum Gasteiger partial charge on any atom is -0.451 e. The van der Waals surface area contributed by atoms with Crippen molar-refractivity contribution in [1.29, 1.82) is 0 Å². The molecular formula is C25H36N2O6S. The minimum atomic E-state index is -3.63. The maximum absolute atomic E-state index is 13.4. The number of carbonyl (C=O) groups excluding carboxylic acids is 1. The van der Waals surface area contributed by atoms with E-state index in [2.05, 4.69) is 13.8 Å². The molecule has 34 heavy (non-hydrogen) atoms. The van der Waals surface area contributed by atoms with Crippen molar-refractivity contribution >= 4 is 26.9 Å². The molecule has 0 atom stereocenters. The monoisotopic (exact) mass is 492 g/mol. The lowest BCUT2D eigenvalue weighted by Gasteiger charge is -2.37. The molecule has 1 amide bonds. The molecule has 0 saturated carbocycles. The van der Waals surface area contributed by atoms with Gasteiger partial charge in [-0.3, -0.25) is 4.79 Å². The van der Waals surface area contributed by atoms with Crippen molar-refractivity contribution in [3.63, 3.8) is 0 Å². The molecule has 0 aliphatic carbocycles. The Labute approximate surface area is 202 Å². The van der Waals surface area contributed by atoms with E-state index < -0.39 is 15.8 Å². The third-order valence-corrected chi connectivity index (χ3v) is 8.78. The highest BCUT2D eigenvalue weighted by Crippen LogP contribution is 2.34. The summed E-state index contributed by atoms with van der Waals surface area (Å²) in [6.07, 6.45) is 4.76. The molecule has 9 heteroatoms. The van der Waals surface area contributed by atoms with Gasteiger partial charge in [0, 0.05) is 50.0 Å². The van der Waals surface area contributed by atoms with Gasteiger partial charge < -0.3 is 18.8 Å². The normalized spacial score (nSPS) is 18.4. The van der Waals surface area contributed by atoms with Crippen molar-refractivity contribution in [3.05, 3.63) is 29.5 Å².